The van der Waals surface area contributed by atoms with Crippen molar-refractivity contribution in [2.45, 2.75) is 32.8 Å². The van der Waals surface area contributed by atoms with E-state index in [0.29, 0.717) is 24.6 Å². The van der Waals surface area contributed by atoms with E-state index in [0.717, 1.165) is 37.0 Å². The van der Waals surface area contributed by atoms with E-state index in [4.69, 9.17) is 4.74 Å². The van der Waals surface area contributed by atoms with E-state index < -0.39 is 5.60 Å². The summed E-state index contributed by atoms with van der Waals surface area (Å²) in [7, 11) is 1.95. The molecule has 0 bridgehead atoms. The number of aromatic nitrogens is 1. The van der Waals surface area contributed by atoms with Gasteiger partial charge in [-0.15, -0.1) is 0 Å². The molecule has 1 aliphatic rings. The van der Waals surface area contributed by atoms with Crippen molar-refractivity contribution >= 4 is 22.9 Å². The zero-order valence-electron chi connectivity index (χ0n) is 17.8. The predicted octanol–water partition coefficient (Wildman–Crippen LogP) is 2.75. The molecular formula is C22H32N4O3. The summed E-state index contributed by atoms with van der Waals surface area (Å²) in [5.41, 5.74) is 1.29. The van der Waals surface area contributed by atoms with Gasteiger partial charge in [0, 0.05) is 50.3 Å². The Morgan fingerprint density at radius 1 is 1.21 bits per heavy atom. The first-order chi connectivity index (χ1) is 13.7. The van der Waals surface area contributed by atoms with Crippen molar-refractivity contribution in [3.05, 3.63) is 36.0 Å². The fraction of sp³-hybridized carbons (Fsp3) is 0.545. The van der Waals surface area contributed by atoms with Gasteiger partial charge in [-0.2, -0.15) is 0 Å². The summed E-state index contributed by atoms with van der Waals surface area (Å²) in [6, 6.07) is 7.93. The molecule has 1 aliphatic heterocycles. The van der Waals surface area contributed by atoms with Crippen molar-refractivity contribution in [3.63, 3.8) is 0 Å². The number of nitrogens with one attached hydrogen (secondary N) is 2. The Labute approximate surface area is 172 Å². The molecule has 29 heavy (non-hydrogen) atoms. The van der Waals surface area contributed by atoms with Gasteiger partial charge in [0.2, 0.25) is 0 Å². The van der Waals surface area contributed by atoms with Crippen LogP contribution in [0.4, 0.5) is 4.79 Å². The van der Waals surface area contributed by atoms with Crippen LogP contribution in [0.5, 0.6) is 0 Å². The lowest BCUT2D eigenvalue weighted by atomic mass is 10.1. The quantitative estimate of drug-likeness (QED) is 0.782. The molecule has 2 aromatic rings. The highest BCUT2D eigenvalue weighted by Gasteiger charge is 2.24. The third-order valence-corrected chi connectivity index (χ3v) is 5.16. The van der Waals surface area contributed by atoms with Crippen LogP contribution in [0.1, 0.15) is 37.6 Å². The van der Waals surface area contributed by atoms with Crippen LogP contribution < -0.4 is 10.6 Å². The highest BCUT2D eigenvalue weighted by Crippen LogP contribution is 2.20. The zero-order valence-corrected chi connectivity index (χ0v) is 17.8. The van der Waals surface area contributed by atoms with Gasteiger partial charge in [-0.3, -0.25) is 4.79 Å². The van der Waals surface area contributed by atoms with E-state index in [1.165, 1.54) is 0 Å². The lowest BCUT2D eigenvalue weighted by Crippen LogP contribution is -2.37. The van der Waals surface area contributed by atoms with Crippen LogP contribution >= 0.6 is 0 Å². The SMILES string of the molecule is Cn1cc(C(=O)NCCN2CCC(CNC(=O)OC(C)(C)C)C2)c2ccccc21. The number of ether oxygens (including phenoxy) is 1. The van der Waals surface area contributed by atoms with Gasteiger partial charge in [-0.05, 0) is 45.7 Å². The second-order valence-corrected chi connectivity index (χ2v) is 8.76. The maximum atomic E-state index is 12.6. The smallest absolute Gasteiger partial charge is 0.407 e. The number of para-hydroxylation sites is 1. The van der Waals surface area contributed by atoms with Crippen LogP contribution in [-0.2, 0) is 11.8 Å². The molecule has 1 unspecified atom stereocenters. The summed E-state index contributed by atoms with van der Waals surface area (Å²) in [5, 5.41) is 6.87. The number of likely N-dealkylation sites (tertiary alicyclic amines) is 1. The first kappa shape index (κ1) is 21.2. The van der Waals surface area contributed by atoms with Gasteiger partial charge in [0.1, 0.15) is 5.60 Å². The van der Waals surface area contributed by atoms with Gasteiger partial charge in [-0.25, -0.2) is 4.79 Å². The molecule has 1 atom stereocenters. The first-order valence-electron chi connectivity index (χ1n) is 10.2. The Morgan fingerprint density at radius 3 is 2.72 bits per heavy atom. The lowest BCUT2D eigenvalue weighted by Gasteiger charge is -2.21. The molecule has 0 spiro atoms. The molecule has 0 saturated carbocycles. The molecule has 1 saturated heterocycles. The number of fused-ring (bicyclic) bond motifs is 1. The molecule has 3 rings (SSSR count). The normalized spacial score (nSPS) is 17.4. The van der Waals surface area contributed by atoms with Crippen LogP contribution in [0.2, 0.25) is 0 Å². The summed E-state index contributed by atoms with van der Waals surface area (Å²) < 4.78 is 7.26. The maximum Gasteiger partial charge on any atom is 0.407 e. The van der Waals surface area contributed by atoms with Crippen molar-refractivity contribution in [2.24, 2.45) is 13.0 Å². The average molecular weight is 401 g/mol. The van der Waals surface area contributed by atoms with Gasteiger partial charge >= 0.3 is 6.09 Å². The molecule has 2 amide bonds. The number of alkyl carbamates (subject to hydrolysis) is 1. The Bertz CT molecular complexity index is 869. The van der Waals surface area contributed by atoms with Crippen molar-refractivity contribution in [3.8, 4) is 0 Å². The molecule has 1 fully saturated rings. The van der Waals surface area contributed by atoms with Gasteiger partial charge in [0.25, 0.3) is 5.91 Å². The molecule has 0 aliphatic carbocycles. The predicted molar refractivity (Wildman–Crippen MR) is 114 cm³/mol. The van der Waals surface area contributed by atoms with Crippen molar-refractivity contribution in [1.29, 1.82) is 0 Å². The van der Waals surface area contributed by atoms with E-state index in [2.05, 4.69) is 15.5 Å². The number of hydrogen-bond acceptors (Lipinski definition) is 4. The van der Waals surface area contributed by atoms with E-state index in [1.54, 1.807) is 0 Å². The number of benzene rings is 1. The molecule has 158 valence electrons. The highest BCUT2D eigenvalue weighted by atomic mass is 16.6. The Morgan fingerprint density at radius 2 is 1.97 bits per heavy atom. The zero-order chi connectivity index (χ0) is 21.0. The van der Waals surface area contributed by atoms with E-state index in [1.807, 2.05) is 62.8 Å². The highest BCUT2D eigenvalue weighted by molar-refractivity contribution is 6.06. The van der Waals surface area contributed by atoms with Crippen LogP contribution in [-0.4, -0.2) is 59.8 Å². The standard InChI is InChI=1S/C22H32N4O3/c1-22(2,3)29-21(28)24-13-16-9-11-26(14-16)12-10-23-20(27)18-15-25(4)19-8-6-5-7-17(18)19/h5-8,15-16H,9-14H2,1-4H3,(H,23,27)(H,24,28). The minimum atomic E-state index is -0.478. The number of nitrogens with zero attached hydrogens (tertiary/aromatic N) is 2. The first-order valence-corrected chi connectivity index (χ1v) is 10.2. The Kier molecular flexibility index (Phi) is 6.47. The fourth-order valence-electron chi connectivity index (χ4n) is 3.77. The molecular weight excluding hydrogens is 368 g/mol. The minimum Gasteiger partial charge on any atom is -0.444 e. The summed E-state index contributed by atoms with van der Waals surface area (Å²) in [6.07, 6.45) is 2.56. The topological polar surface area (TPSA) is 75.6 Å². The number of hydrogen-bond donors (Lipinski definition) is 2. The van der Waals surface area contributed by atoms with E-state index in [9.17, 15) is 9.59 Å². The van der Waals surface area contributed by atoms with Gasteiger partial charge in [-0.1, -0.05) is 18.2 Å². The molecule has 1 aromatic heterocycles. The molecule has 2 N–H and O–H groups in total. The summed E-state index contributed by atoms with van der Waals surface area (Å²) in [5.74, 6) is 0.375. The summed E-state index contributed by atoms with van der Waals surface area (Å²) in [4.78, 5) is 26.7. The number of rotatable bonds is 6. The Balaban J connectivity index is 1.40. The minimum absolute atomic E-state index is 0.0378. The van der Waals surface area contributed by atoms with Crippen LogP contribution in [0.15, 0.2) is 30.5 Å². The number of carbonyl (C=O) groups excluding carboxylic acids is 2. The van der Waals surface area contributed by atoms with Crippen molar-refractivity contribution in [2.75, 3.05) is 32.7 Å². The number of amides is 2. The maximum absolute atomic E-state index is 12.6. The molecule has 7 heteroatoms. The largest absolute Gasteiger partial charge is 0.444 e. The van der Waals surface area contributed by atoms with Gasteiger partial charge in [0.05, 0.1) is 5.56 Å². The lowest BCUT2D eigenvalue weighted by molar-refractivity contribution is 0.0519. The number of carbonyl (C=O) groups is 2. The third-order valence-electron chi connectivity index (χ3n) is 5.16. The van der Waals surface area contributed by atoms with E-state index in [-0.39, 0.29) is 12.0 Å². The Hall–Kier alpha value is -2.54. The van der Waals surface area contributed by atoms with Crippen LogP contribution in [0, 0.1) is 5.92 Å². The van der Waals surface area contributed by atoms with Gasteiger partial charge < -0.3 is 24.8 Å². The molecule has 1 aromatic carbocycles. The van der Waals surface area contributed by atoms with Gasteiger partial charge in [0.15, 0.2) is 0 Å². The second kappa shape index (κ2) is 8.86. The molecule has 0 radical (unpaired) electrons. The van der Waals surface area contributed by atoms with Crippen LogP contribution in [0.3, 0.4) is 0 Å². The fourth-order valence-corrected chi connectivity index (χ4v) is 3.77. The second-order valence-electron chi connectivity index (χ2n) is 8.76. The number of aryl methyl sites for hydroxylation is 1. The van der Waals surface area contributed by atoms with Crippen molar-refractivity contribution in [1.82, 2.24) is 20.1 Å². The van der Waals surface area contributed by atoms with E-state index >= 15 is 0 Å². The third kappa shape index (κ3) is 5.73. The molecule has 2 heterocycles. The molecule has 7 nitrogen and oxygen atoms in total. The summed E-state index contributed by atoms with van der Waals surface area (Å²) >= 11 is 0. The summed E-state index contributed by atoms with van der Waals surface area (Å²) in [6.45, 7) is 9.50. The van der Waals surface area contributed by atoms with Crippen molar-refractivity contribution < 1.29 is 14.3 Å². The monoisotopic (exact) mass is 400 g/mol. The average Bonchev–Trinajstić information content (AvgIpc) is 3.23. The van der Waals surface area contributed by atoms with Crippen LogP contribution in [0.25, 0.3) is 10.9 Å².